The van der Waals surface area contributed by atoms with Crippen molar-refractivity contribution in [2.45, 2.75) is 6.92 Å². The van der Waals surface area contributed by atoms with Crippen LogP contribution in [-0.2, 0) is 0 Å². The molecule has 0 aliphatic carbocycles. The molecule has 0 saturated carbocycles. The smallest absolute Gasteiger partial charge is 0.121 e. The van der Waals surface area contributed by atoms with Crippen molar-refractivity contribution < 1.29 is 0 Å². The van der Waals surface area contributed by atoms with E-state index in [4.69, 9.17) is 33.2 Å². The summed E-state index contributed by atoms with van der Waals surface area (Å²) >= 11 is 20.9. The highest BCUT2D eigenvalue weighted by Crippen LogP contribution is 2.22. The Morgan fingerprint density at radius 3 is 2.25 bits per heavy atom. The number of hydrogen-bond acceptors (Lipinski definition) is 0. The molecular formula is C7H6BrCl3Si. The van der Waals surface area contributed by atoms with Gasteiger partial charge in [-0.1, -0.05) is 28.1 Å². The van der Waals surface area contributed by atoms with Gasteiger partial charge in [0.15, 0.2) is 0 Å². The maximum atomic E-state index is 5.83. The van der Waals surface area contributed by atoms with Crippen molar-refractivity contribution >= 4 is 60.4 Å². The first-order valence-electron chi connectivity index (χ1n) is 3.24. The molecule has 1 rings (SSSR count). The Labute approximate surface area is 95.1 Å². The Kier molecular flexibility index (Phi) is 3.52. The molecule has 0 amide bonds. The van der Waals surface area contributed by atoms with Gasteiger partial charge in [0, 0.05) is 4.47 Å². The Balaban J connectivity index is 3.14. The van der Waals surface area contributed by atoms with Crippen molar-refractivity contribution in [3.63, 3.8) is 0 Å². The largest absolute Gasteiger partial charge is 0.372 e. The lowest BCUT2D eigenvalue weighted by Crippen LogP contribution is -2.29. The van der Waals surface area contributed by atoms with Crippen LogP contribution in [0.2, 0.25) is 0 Å². The van der Waals surface area contributed by atoms with Crippen molar-refractivity contribution in [2.24, 2.45) is 0 Å². The summed E-state index contributed by atoms with van der Waals surface area (Å²) in [5.74, 6) is 0. The first-order chi connectivity index (χ1) is 5.41. The zero-order valence-corrected chi connectivity index (χ0v) is 11.1. The average Bonchev–Trinajstić information content (AvgIpc) is 1.92. The van der Waals surface area contributed by atoms with E-state index < -0.39 is 6.00 Å². The number of rotatable bonds is 1. The average molecular weight is 304 g/mol. The molecule has 0 heterocycles. The Morgan fingerprint density at radius 2 is 1.83 bits per heavy atom. The molecule has 0 spiro atoms. The van der Waals surface area contributed by atoms with Crippen LogP contribution in [0.15, 0.2) is 22.7 Å². The van der Waals surface area contributed by atoms with Gasteiger partial charge < -0.3 is 0 Å². The van der Waals surface area contributed by atoms with Crippen molar-refractivity contribution in [3.8, 4) is 0 Å². The summed E-state index contributed by atoms with van der Waals surface area (Å²) in [6, 6.07) is 2.97. The van der Waals surface area contributed by atoms with Crippen LogP contribution in [0.5, 0.6) is 0 Å². The number of benzene rings is 1. The monoisotopic (exact) mass is 302 g/mol. The van der Waals surface area contributed by atoms with Crippen LogP contribution in [0.25, 0.3) is 0 Å². The zero-order chi connectivity index (χ0) is 9.35. The van der Waals surface area contributed by atoms with E-state index in [9.17, 15) is 0 Å². The molecule has 0 saturated heterocycles. The molecular weight excluding hydrogens is 298 g/mol. The molecule has 0 aliphatic heterocycles. The molecule has 0 aromatic heterocycles. The molecule has 1 aromatic rings. The fourth-order valence-corrected chi connectivity index (χ4v) is 3.00. The van der Waals surface area contributed by atoms with Gasteiger partial charge in [-0.05, 0) is 23.7 Å². The van der Waals surface area contributed by atoms with Crippen molar-refractivity contribution in [3.05, 3.63) is 28.2 Å². The van der Waals surface area contributed by atoms with Crippen LogP contribution < -0.4 is 5.19 Å². The fraction of sp³-hybridized carbons (Fsp3) is 0.143. The van der Waals surface area contributed by atoms with E-state index in [0.29, 0.717) is 0 Å². The topological polar surface area (TPSA) is 0 Å². The summed E-state index contributed by atoms with van der Waals surface area (Å²) in [5, 5.41) is 0.810. The molecule has 0 aliphatic rings. The number of aryl methyl sites for hydroxylation is 1. The lowest BCUT2D eigenvalue weighted by Gasteiger charge is -2.09. The van der Waals surface area contributed by atoms with Crippen LogP contribution in [0, 0.1) is 6.92 Å². The highest BCUT2D eigenvalue weighted by atomic mass is 79.9. The summed E-state index contributed by atoms with van der Waals surface area (Å²) in [4.78, 5) is 0. The van der Waals surface area contributed by atoms with Crippen LogP contribution in [0.4, 0.5) is 0 Å². The summed E-state index contributed by atoms with van der Waals surface area (Å²) < 4.78 is 0.985. The standard InChI is InChI=1S/C7H6BrCl3Si/c1-5-2-3-6(4-7(5)8)12(9,10)11/h2-4H,1H3. The zero-order valence-electron chi connectivity index (χ0n) is 6.24. The van der Waals surface area contributed by atoms with E-state index in [0.717, 1.165) is 15.2 Å². The van der Waals surface area contributed by atoms with Crippen LogP contribution >= 0.6 is 49.2 Å². The van der Waals surface area contributed by atoms with E-state index in [1.807, 2.05) is 25.1 Å². The second-order valence-corrected chi connectivity index (χ2v) is 11.7. The maximum Gasteiger partial charge on any atom is 0.372 e. The second-order valence-electron chi connectivity index (χ2n) is 2.46. The third kappa shape index (κ3) is 2.64. The van der Waals surface area contributed by atoms with Crippen molar-refractivity contribution in [2.75, 3.05) is 0 Å². The molecule has 0 radical (unpaired) electrons. The first-order valence-corrected chi connectivity index (χ1v) is 9.07. The minimum atomic E-state index is -2.70. The van der Waals surface area contributed by atoms with E-state index >= 15 is 0 Å². The molecule has 12 heavy (non-hydrogen) atoms. The molecule has 0 nitrogen and oxygen atoms in total. The number of hydrogen-bond donors (Lipinski definition) is 0. The molecule has 1 aromatic carbocycles. The Hall–Kier alpha value is 0.787. The van der Waals surface area contributed by atoms with E-state index in [1.165, 1.54) is 0 Å². The molecule has 0 N–H and O–H groups in total. The second kappa shape index (κ2) is 3.89. The van der Waals surface area contributed by atoms with Gasteiger partial charge in [-0.2, -0.15) is 0 Å². The van der Waals surface area contributed by atoms with Crippen LogP contribution in [0.1, 0.15) is 5.56 Å². The highest BCUT2D eigenvalue weighted by molar-refractivity contribution is 9.10. The third-order valence-corrected chi connectivity index (χ3v) is 5.28. The summed E-state index contributed by atoms with van der Waals surface area (Å²) in [6.07, 6.45) is 0. The predicted octanol–water partition coefficient (Wildman–Crippen LogP) is 3.62. The summed E-state index contributed by atoms with van der Waals surface area (Å²) in [7, 11) is 0. The minimum absolute atomic E-state index is 0.810. The molecule has 0 atom stereocenters. The third-order valence-electron chi connectivity index (χ3n) is 1.50. The molecule has 0 fully saturated rings. The molecule has 5 heteroatoms. The lowest BCUT2D eigenvalue weighted by molar-refractivity contribution is 1.45. The molecule has 66 valence electrons. The molecule has 0 bridgehead atoms. The summed E-state index contributed by atoms with van der Waals surface area (Å²) in [5.41, 5.74) is 1.14. The van der Waals surface area contributed by atoms with E-state index in [1.54, 1.807) is 0 Å². The van der Waals surface area contributed by atoms with Crippen LogP contribution in [-0.4, -0.2) is 6.00 Å². The van der Waals surface area contributed by atoms with Gasteiger partial charge in [-0.3, -0.25) is 0 Å². The van der Waals surface area contributed by atoms with Crippen molar-refractivity contribution in [1.29, 1.82) is 0 Å². The number of halogens is 4. The van der Waals surface area contributed by atoms with Gasteiger partial charge in [-0.25, -0.2) is 0 Å². The van der Waals surface area contributed by atoms with Crippen LogP contribution in [0.3, 0.4) is 0 Å². The predicted molar refractivity (Wildman–Crippen MR) is 61.8 cm³/mol. The minimum Gasteiger partial charge on any atom is -0.121 e. The Bertz CT molecular complexity index is 295. The van der Waals surface area contributed by atoms with E-state index in [2.05, 4.69) is 15.9 Å². The van der Waals surface area contributed by atoms with Gasteiger partial charge in [0.2, 0.25) is 0 Å². The highest BCUT2D eigenvalue weighted by Gasteiger charge is 2.28. The Morgan fingerprint density at radius 1 is 1.25 bits per heavy atom. The van der Waals surface area contributed by atoms with Gasteiger partial charge in [-0.15, -0.1) is 33.2 Å². The maximum absolute atomic E-state index is 5.83. The quantitative estimate of drug-likeness (QED) is 0.549. The first kappa shape index (κ1) is 10.9. The van der Waals surface area contributed by atoms with Gasteiger partial charge in [0.1, 0.15) is 0 Å². The van der Waals surface area contributed by atoms with Gasteiger partial charge in [0.05, 0.1) is 0 Å². The van der Waals surface area contributed by atoms with Crippen molar-refractivity contribution in [1.82, 2.24) is 0 Å². The molecule has 0 unspecified atom stereocenters. The fourth-order valence-electron chi connectivity index (χ4n) is 0.769. The van der Waals surface area contributed by atoms with Gasteiger partial charge in [0.25, 0.3) is 0 Å². The SMILES string of the molecule is Cc1ccc([Si](Cl)(Cl)Cl)cc1Br. The van der Waals surface area contributed by atoms with E-state index in [-0.39, 0.29) is 0 Å². The normalized spacial score (nSPS) is 11.8. The lowest BCUT2D eigenvalue weighted by atomic mass is 10.2. The van der Waals surface area contributed by atoms with Gasteiger partial charge >= 0.3 is 6.00 Å². The summed E-state index contributed by atoms with van der Waals surface area (Å²) in [6.45, 7) is 1.99.